The minimum absolute atomic E-state index is 0.427. The van der Waals surface area contributed by atoms with Gasteiger partial charge in [0, 0.05) is 24.5 Å². The molecule has 2 rings (SSSR count). The number of aryl methyl sites for hydroxylation is 1. The second-order valence-electron chi connectivity index (χ2n) is 4.12. The molecule has 0 amide bonds. The van der Waals surface area contributed by atoms with E-state index in [2.05, 4.69) is 26.7 Å². The van der Waals surface area contributed by atoms with E-state index >= 15 is 0 Å². The summed E-state index contributed by atoms with van der Waals surface area (Å²) in [6.07, 6.45) is 0.427. The first-order valence-corrected chi connectivity index (χ1v) is 5.97. The lowest BCUT2D eigenvalue weighted by Crippen LogP contribution is -2.01. The maximum absolute atomic E-state index is 8.62. The van der Waals surface area contributed by atoms with Crippen LogP contribution in [0, 0.1) is 18.3 Å². The molecular formula is C14H15N5. The third-order valence-corrected chi connectivity index (χ3v) is 2.59. The molecule has 5 nitrogen and oxygen atoms in total. The Balaban J connectivity index is 2.16. The summed E-state index contributed by atoms with van der Waals surface area (Å²) in [5.41, 5.74) is 2.83. The predicted molar refractivity (Wildman–Crippen MR) is 75.4 cm³/mol. The summed E-state index contributed by atoms with van der Waals surface area (Å²) >= 11 is 0. The highest BCUT2D eigenvalue weighted by molar-refractivity contribution is 5.58. The standard InChI is InChI=1S/C14H15N5/c1-10-9-13(19-14(16-2)17-10)18-12-5-3-11(4-6-12)7-8-15/h3-6,9H,7H2,1-2H3,(H2,16,17,18,19). The number of hydrogen-bond donors (Lipinski definition) is 2. The lowest BCUT2D eigenvalue weighted by atomic mass is 10.1. The monoisotopic (exact) mass is 253 g/mol. The Bertz CT molecular complexity index is 598. The van der Waals surface area contributed by atoms with Crippen LogP contribution in [0.4, 0.5) is 17.5 Å². The summed E-state index contributed by atoms with van der Waals surface area (Å²) in [7, 11) is 1.79. The third kappa shape index (κ3) is 3.42. The highest BCUT2D eigenvalue weighted by Gasteiger charge is 2.01. The molecule has 19 heavy (non-hydrogen) atoms. The second-order valence-corrected chi connectivity index (χ2v) is 4.12. The topological polar surface area (TPSA) is 73.6 Å². The smallest absolute Gasteiger partial charge is 0.224 e. The van der Waals surface area contributed by atoms with Gasteiger partial charge < -0.3 is 10.6 Å². The van der Waals surface area contributed by atoms with Crippen LogP contribution in [0.2, 0.25) is 0 Å². The van der Waals surface area contributed by atoms with Gasteiger partial charge in [0.2, 0.25) is 5.95 Å². The van der Waals surface area contributed by atoms with Crippen LogP contribution in [-0.4, -0.2) is 17.0 Å². The van der Waals surface area contributed by atoms with Crippen molar-refractivity contribution < 1.29 is 0 Å². The van der Waals surface area contributed by atoms with Crippen molar-refractivity contribution in [2.75, 3.05) is 17.7 Å². The number of nitrogens with zero attached hydrogens (tertiary/aromatic N) is 3. The second kappa shape index (κ2) is 5.83. The molecule has 5 heteroatoms. The van der Waals surface area contributed by atoms with E-state index < -0.39 is 0 Å². The average Bonchev–Trinajstić information content (AvgIpc) is 2.40. The highest BCUT2D eigenvalue weighted by Crippen LogP contribution is 2.17. The minimum Gasteiger partial charge on any atom is -0.357 e. The Hall–Kier alpha value is -2.61. The number of benzene rings is 1. The lowest BCUT2D eigenvalue weighted by Gasteiger charge is -2.08. The number of hydrogen-bond acceptors (Lipinski definition) is 5. The molecule has 96 valence electrons. The average molecular weight is 253 g/mol. The molecule has 0 fully saturated rings. The van der Waals surface area contributed by atoms with Gasteiger partial charge in [0.1, 0.15) is 5.82 Å². The van der Waals surface area contributed by atoms with Gasteiger partial charge in [0.05, 0.1) is 12.5 Å². The molecule has 0 spiro atoms. The summed E-state index contributed by atoms with van der Waals surface area (Å²) in [5.74, 6) is 1.33. The Labute approximate surface area is 112 Å². The molecule has 0 saturated carbocycles. The zero-order valence-electron chi connectivity index (χ0n) is 10.9. The van der Waals surface area contributed by atoms with Crippen molar-refractivity contribution >= 4 is 17.5 Å². The molecule has 0 bridgehead atoms. The van der Waals surface area contributed by atoms with Gasteiger partial charge in [-0.25, -0.2) is 4.98 Å². The molecule has 0 saturated heterocycles. The van der Waals surface area contributed by atoms with Crippen LogP contribution in [0.3, 0.4) is 0 Å². The van der Waals surface area contributed by atoms with E-state index in [0.29, 0.717) is 12.4 Å². The molecule has 0 aliphatic rings. The summed E-state index contributed by atoms with van der Waals surface area (Å²) < 4.78 is 0. The van der Waals surface area contributed by atoms with Gasteiger partial charge in [-0.3, -0.25) is 0 Å². The molecule has 1 heterocycles. The maximum atomic E-state index is 8.62. The number of rotatable bonds is 4. The van der Waals surface area contributed by atoms with Crippen LogP contribution in [0.15, 0.2) is 30.3 Å². The number of nitriles is 1. The van der Waals surface area contributed by atoms with E-state index in [9.17, 15) is 0 Å². The van der Waals surface area contributed by atoms with Crippen molar-refractivity contribution in [1.29, 1.82) is 5.26 Å². The van der Waals surface area contributed by atoms with Crippen molar-refractivity contribution in [3.8, 4) is 6.07 Å². The number of aromatic nitrogens is 2. The minimum atomic E-state index is 0.427. The molecule has 2 aromatic rings. The van der Waals surface area contributed by atoms with Gasteiger partial charge in [-0.15, -0.1) is 0 Å². The maximum Gasteiger partial charge on any atom is 0.224 e. The fourth-order valence-corrected chi connectivity index (χ4v) is 1.69. The SMILES string of the molecule is CNc1nc(C)cc(Nc2ccc(CC#N)cc2)n1. The molecule has 0 radical (unpaired) electrons. The Morgan fingerprint density at radius 3 is 2.58 bits per heavy atom. The van der Waals surface area contributed by atoms with Crippen molar-refractivity contribution in [3.63, 3.8) is 0 Å². The first-order valence-electron chi connectivity index (χ1n) is 5.97. The Kier molecular flexibility index (Phi) is 3.94. The van der Waals surface area contributed by atoms with Crippen LogP contribution in [-0.2, 0) is 6.42 Å². The largest absolute Gasteiger partial charge is 0.357 e. The van der Waals surface area contributed by atoms with E-state index in [1.54, 1.807) is 7.05 Å². The van der Waals surface area contributed by atoms with E-state index in [4.69, 9.17) is 5.26 Å². The predicted octanol–water partition coefficient (Wildman–Crippen LogP) is 2.64. The van der Waals surface area contributed by atoms with Crippen LogP contribution in [0.1, 0.15) is 11.3 Å². The zero-order valence-corrected chi connectivity index (χ0v) is 10.9. The number of nitrogens with one attached hydrogen (secondary N) is 2. The van der Waals surface area contributed by atoms with Crippen molar-refractivity contribution in [2.45, 2.75) is 13.3 Å². The number of anilines is 3. The molecule has 1 aromatic heterocycles. The molecule has 0 aliphatic carbocycles. The third-order valence-electron chi connectivity index (χ3n) is 2.59. The Morgan fingerprint density at radius 1 is 1.21 bits per heavy atom. The normalized spacial score (nSPS) is 9.74. The molecule has 2 N–H and O–H groups in total. The van der Waals surface area contributed by atoms with Crippen LogP contribution < -0.4 is 10.6 Å². The highest BCUT2D eigenvalue weighted by atomic mass is 15.1. The molecule has 0 atom stereocenters. The molecule has 0 unspecified atom stereocenters. The first kappa shape index (κ1) is 12.8. The fourth-order valence-electron chi connectivity index (χ4n) is 1.69. The van der Waals surface area contributed by atoms with Crippen molar-refractivity contribution in [1.82, 2.24) is 9.97 Å². The van der Waals surface area contributed by atoms with Gasteiger partial charge in [-0.05, 0) is 24.6 Å². The summed E-state index contributed by atoms with van der Waals surface area (Å²) in [6, 6.07) is 11.7. The van der Waals surface area contributed by atoms with E-state index in [1.165, 1.54) is 0 Å². The van der Waals surface area contributed by atoms with E-state index in [0.717, 1.165) is 22.8 Å². The van der Waals surface area contributed by atoms with Crippen LogP contribution in [0.25, 0.3) is 0 Å². The van der Waals surface area contributed by atoms with Gasteiger partial charge in [0.25, 0.3) is 0 Å². The van der Waals surface area contributed by atoms with Crippen molar-refractivity contribution in [2.24, 2.45) is 0 Å². The Morgan fingerprint density at radius 2 is 1.95 bits per heavy atom. The van der Waals surface area contributed by atoms with Crippen LogP contribution in [0.5, 0.6) is 0 Å². The van der Waals surface area contributed by atoms with E-state index in [1.807, 2.05) is 37.3 Å². The van der Waals surface area contributed by atoms with E-state index in [-0.39, 0.29) is 0 Å². The first-order chi connectivity index (χ1) is 9.21. The van der Waals surface area contributed by atoms with Gasteiger partial charge in [0.15, 0.2) is 0 Å². The summed E-state index contributed by atoms with van der Waals surface area (Å²) in [5, 5.41) is 14.8. The molecular weight excluding hydrogens is 238 g/mol. The zero-order chi connectivity index (χ0) is 13.7. The van der Waals surface area contributed by atoms with Gasteiger partial charge in [-0.2, -0.15) is 10.2 Å². The quantitative estimate of drug-likeness (QED) is 0.876. The van der Waals surface area contributed by atoms with Crippen molar-refractivity contribution in [3.05, 3.63) is 41.6 Å². The lowest BCUT2D eigenvalue weighted by molar-refractivity contribution is 1.10. The summed E-state index contributed by atoms with van der Waals surface area (Å²) in [4.78, 5) is 8.55. The summed E-state index contributed by atoms with van der Waals surface area (Å²) in [6.45, 7) is 1.92. The van der Waals surface area contributed by atoms with Gasteiger partial charge in [-0.1, -0.05) is 12.1 Å². The molecule has 1 aromatic carbocycles. The fraction of sp³-hybridized carbons (Fsp3) is 0.214. The van der Waals surface area contributed by atoms with Gasteiger partial charge >= 0.3 is 0 Å². The molecule has 0 aliphatic heterocycles. The van der Waals surface area contributed by atoms with Crippen LogP contribution >= 0.6 is 0 Å².